The summed E-state index contributed by atoms with van der Waals surface area (Å²) >= 11 is 0. The van der Waals surface area contributed by atoms with Crippen LogP contribution in [-0.2, 0) is 0 Å². The first-order valence-corrected chi connectivity index (χ1v) is 7.67. The molecule has 1 saturated carbocycles. The van der Waals surface area contributed by atoms with Crippen LogP contribution in [0.5, 0.6) is 0 Å². The molecule has 1 aliphatic heterocycles. The van der Waals surface area contributed by atoms with Gasteiger partial charge in [-0.25, -0.2) is 9.18 Å². The van der Waals surface area contributed by atoms with Crippen LogP contribution in [0.3, 0.4) is 0 Å². The molecule has 0 spiro atoms. The smallest absolute Gasteiger partial charge is 0.338 e. The summed E-state index contributed by atoms with van der Waals surface area (Å²) in [6, 6.07) is 5.14. The van der Waals surface area contributed by atoms with Gasteiger partial charge in [-0.2, -0.15) is 0 Å². The Hall–Kier alpha value is -1.62. The molecule has 2 aliphatic rings. The highest BCUT2D eigenvalue weighted by molar-refractivity contribution is 5.88. The van der Waals surface area contributed by atoms with E-state index < -0.39 is 11.8 Å². The first kappa shape index (κ1) is 14.3. The van der Waals surface area contributed by atoms with E-state index in [1.54, 1.807) is 6.07 Å². The second-order valence-corrected chi connectivity index (χ2v) is 5.93. The Kier molecular flexibility index (Phi) is 4.10. The van der Waals surface area contributed by atoms with Gasteiger partial charge in [0.1, 0.15) is 5.82 Å². The summed E-state index contributed by atoms with van der Waals surface area (Å²) in [6.45, 7) is 3.77. The van der Waals surface area contributed by atoms with Gasteiger partial charge < -0.3 is 10.0 Å². The lowest BCUT2D eigenvalue weighted by Gasteiger charge is -2.39. The highest BCUT2D eigenvalue weighted by Gasteiger charge is 2.26. The number of anilines is 1. The summed E-state index contributed by atoms with van der Waals surface area (Å²) in [5, 5.41) is 8.86. The molecule has 1 heterocycles. The third-order valence-electron chi connectivity index (χ3n) is 4.70. The monoisotopic (exact) mass is 292 g/mol. The number of carboxylic acid groups (broad SMARTS) is 1. The van der Waals surface area contributed by atoms with Gasteiger partial charge in [0, 0.05) is 37.9 Å². The molecule has 4 nitrogen and oxygen atoms in total. The van der Waals surface area contributed by atoms with Crippen molar-refractivity contribution in [2.45, 2.75) is 31.7 Å². The third-order valence-corrected chi connectivity index (χ3v) is 4.70. The van der Waals surface area contributed by atoms with Crippen LogP contribution < -0.4 is 4.90 Å². The molecule has 0 atom stereocenters. The largest absolute Gasteiger partial charge is 0.478 e. The predicted molar refractivity (Wildman–Crippen MR) is 79.4 cm³/mol. The summed E-state index contributed by atoms with van der Waals surface area (Å²) in [4.78, 5) is 15.5. The number of halogens is 1. The van der Waals surface area contributed by atoms with E-state index in [-0.39, 0.29) is 5.56 Å². The number of hydrogen-bond acceptors (Lipinski definition) is 3. The summed E-state index contributed by atoms with van der Waals surface area (Å²) in [6.07, 6.45) is 5.29. The molecule has 0 amide bonds. The summed E-state index contributed by atoms with van der Waals surface area (Å²) in [5.41, 5.74) is 0.520. The fourth-order valence-corrected chi connectivity index (χ4v) is 3.49. The lowest BCUT2D eigenvalue weighted by molar-refractivity contribution is 0.0692. The summed E-state index contributed by atoms with van der Waals surface area (Å²) in [7, 11) is 0. The van der Waals surface area contributed by atoms with Crippen LogP contribution in [0.1, 0.15) is 36.0 Å². The first-order valence-electron chi connectivity index (χ1n) is 7.67. The van der Waals surface area contributed by atoms with Gasteiger partial charge in [0.2, 0.25) is 0 Å². The van der Waals surface area contributed by atoms with E-state index in [0.29, 0.717) is 0 Å². The Morgan fingerprint density at radius 2 is 1.81 bits per heavy atom. The van der Waals surface area contributed by atoms with Crippen molar-refractivity contribution in [2.75, 3.05) is 31.1 Å². The standard InChI is InChI=1S/C16H21FN2O2/c17-15-11-13(5-6-14(15)16(20)21)19-9-7-18(8-10-19)12-3-1-2-4-12/h5-6,11-12H,1-4,7-10H2,(H,20,21). The van der Waals surface area contributed by atoms with Gasteiger partial charge in [-0.1, -0.05) is 12.8 Å². The molecule has 114 valence electrons. The molecule has 3 rings (SSSR count). The molecule has 1 aromatic rings. The molecular formula is C16H21FN2O2. The highest BCUT2D eigenvalue weighted by atomic mass is 19.1. The zero-order valence-electron chi connectivity index (χ0n) is 12.1. The van der Waals surface area contributed by atoms with Crippen molar-refractivity contribution in [1.29, 1.82) is 0 Å². The van der Waals surface area contributed by atoms with Crippen molar-refractivity contribution < 1.29 is 14.3 Å². The normalized spacial score (nSPS) is 20.9. The lowest BCUT2D eigenvalue weighted by Crippen LogP contribution is -2.49. The SMILES string of the molecule is O=C(O)c1ccc(N2CCN(C3CCCC3)CC2)cc1F. The van der Waals surface area contributed by atoms with E-state index in [9.17, 15) is 9.18 Å². The van der Waals surface area contributed by atoms with Crippen molar-refractivity contribution in [1.82, 2.24) is 4.90 Å². The minimum Gasteiger partial charge on any atom is -0.478 e. The van der Waals surface area contributed by atoms with Crippen molar-refractivity contribution in [2.24, 2.45) is 0 Å². The molecule has 1 saturated heterocycles. The fraction of sp³-hybridized carbons (Fsp3) is 0.562. The maximum Gasteiger partial charge on any atom is 0.338 e. The number of benzene rings is 1. The fourth-order valence-electron chi connectivity index (χ4n) is 3.49. The van der Waals surface area contributed by atoms with E-state index in [1.807, 2.05) is 0 Å². The van der Waals surface area contributed by atoms with Crippen molar-refractivity contribution >= 4 is 11.7 Å². The van der Waals surface area contributed by atoms with Gasteiger partial charge in [0.05, 0.1) is 5.56 Å². The summed E-state index contributed by atoms with van der Waals surface area (Å²) in [5.74, 6) is -1.87. The highest BCUT2D eigenvalue weighted by Crippen LogP contribution is 2.26. The number of carbonyl (C=O) groups is 1. The average molecular weight is 292 g/mol. The average Bonchev–Trinajstić information content (AvgIpc) is 3.01. The number of nitrogens with zero attached hydrogens (tertiary/aromatic N) is 2. The molecule has 1 N–H and O–H groups in total. The lowest BCUT2D eigenvalue weighted by atomic mass is 10.1. The zero-order chi connectivity index (χ0) is 14.8. The van der Waals surface area contributed by atoms with Crippen LogP contribution in [0.2, 0.25) is 0 Å². The van der Waals surface area contributed by atoms with Crippen molar-refractivity contribution in [3.05, 3.63) is 29.6 Å². The van der Waals surface area contributed by atoms with Gasteiger partial charge in [0.25, 0.3) is 0 Å². The van der Waals surface area contributed by atoms with Crippen LogP contribution in [-0.4, -0.2) is 48.2 Å². The van der Waals surface area contributed by atoms with Crippen LogP contribution in [0.4, 0.5) is 10.1 Å². The van der Waals surface area contributed by atoms with Gasteiger partial charge in [-0.15, -0.1) is 0 Å². The van der Waals surface area contributed by atoms with Crippen molar-refractivity contribution in [3.8, 4) is 0 Å². The van der Waals surface area contributed by atoms with E-state index in [1.165, 1.54) is 37.8 Å². The Bertz CT molecular complexity index is 521. The number of carboxylic acids is 1. The maximum atomic E-state index is 13.8. The quantitative estimate of drug-likeness (QED) is 0.930. The van der Waals surface area contributed by atoms with Gasteiger partial charge >= 0.3 is 5.97 Å². The number of aromatic carboxylic acids is 1. The van der Waals surface area contributed by atoms with E-state index in [4.69, 9.17) is 5.11 Å². The molecule has 0 radical (unpaired) electrons. The Morgan fingerprint density at radius 3 is 2.38 bits per heavy atom. The number of piperazine rings is 1. The van der Waals surface area contributed by atoms with Crippen LogP contribution in [0.15, 0.2) is 18.2 Å². The van der Waals surface area contributed by atoms with Crippen LogP contribution >= 0.6 is 0 Å². The van der Waals surface area contributed by atoms with E-state index in [2.05, 4.69) is 9.80 Å². The maximum absolute atomic E-state index is 13.8. The molecule has 2 fully saturated rings. The van der Waals surface area contributed by atoms with Crippen LogP contribution in [0.25, 0.3) is 0 Å². The first-order chi connectivity index (χ1) is 10.1. The zero-order valence-corrected chi connectivity index (χ0v) is 12.1. The van der Waals surface area contributed by atoms with E-state index in [0.717, 1.165) is 37.9 Å². The number of rotatable bonds is 3. The minimum absolute atomic E-state index is 0.261. The Balaban J connectivity index is 1.64. The molecule has 21 heavy (non-hydrogen) atoms. The minimum atomic E-state index is -1.22. The summed E-state index contributed by atoms with van der Waals surface area (Å²) < 4.78 is 13.8. The molecule has 1 aliphatic carbocycles. The molecule has 0 unspecified atom stereocenters. The Labute approximate surface area is 124 Å². The van der Waals surface area contributed by atoms with E-state index >= 15 is 0 Å². The van der Waals surface area contributed by atoms with Crippen molar-refractivity contribution in [3.63, 3.8) is 0 Å². The second-order valence-electron chi connectivity index (χ2n) is 5.93. The number of hydrogen-bond donors (Lipinski definition) is 1. The molecule has 5 heteroatoms. The van der Waals surface area contributed by atoms with Gasteiger partial charge in [0.15, 0.2) is 0 Å². The van der Waals surface area contributed by atoms with Crippen LogP contribution in [0, 0.1) is 5.82 Å². The molecule has 0 aromatic heterocycles. The Morgan fingerprint density at radius 1 is 1.14 bits per heavy atom. The molecule has 0 bridgehead atoms. The van der Waals surface area contributed by atoms with Gasteiger partial charge in [-0.05, 0) is 31.0 Å². The van der Waals surface area contributed by atoms with Gasteiger partial charge in [-0.3, -0.25) is 4.90 Å². The predicted octanol–water partition coefficient (Wildman–Crippen LogP) is 2.59. The second kappa shape index (κ2) is 6.02. The molecule has 1 aromatic carbocycles. The topological polar surface area (TPSA) is 43.8 Å². The molecular weight excluding hydrogens is 271 g/mol. The third kappa shape index (κ3) is 3.02.